The Morgan fingerprint density at radius 2 is 1.68 bits per heavy atom. The van der Waals surface area contributed by atoms with Gasteiger partial charge in [0, 0.05) is 25.6 Å². The van der Waals surface area contributed by atoms with E-state index in [4.69, 9.17) is 0 Å². The van der Waals surface area contributed by atoms with Gasteiger partial charge in [0.15, 0.2) is 0 Å². The first-order chi connectivity index (χ1) is 13.3. The zero-order chi connectivity index (χ0) is 20.1. The molecule has 0 saturated carbocycles. The lowest BCUT2D eigenvalue weighted by Crippen LogP contribution is -2.43. The molecule has 0 radical (unpaired) electrons. The number of piperidine rings is 1. The molecule has 0 atom stereocenters. The number of nitrogens with zero attached hydrogens (tertiary/aromatic N) is 1. The van der Waals surface area contributed by atoms with E-state index < -0.39 is 10.0 Å². The molecule has 5 nitrogen and oxygen atoms in total. The number of nitrogens with one attached hydrogen (secondary N) is 1. The van der Waals surface area contributed by atoms with Crippen LogP contribution >= 0.6 is 0 Å². The van der Waals surface area contributed by atoms with Gasteiger partial charge in [-0.2, -0.15) is 0 Å². The fourth-order valence-corrected chi connectivity index (χ4v) is 5.16. The van der Waals surface area contributed by atoms with Crippen molar-refractivity contribution in [3.63, 3.8) is 0 Å². The van der Waals surface area contributed by atoms with Gasteiger partial charge in [0.25, 0.3) is 0 Å². The van der Waals surface area contributed by atoms with Crippen LogP contribution in [-0.2, 0) is 27.1 Å². The number of hydrogen-bond acceptors (Lipinski definition) is 3. The van der Waals surface area contributed by atoms with E-state index in [0.717, 1.165) is 16.7 Å². The SMILES string of the molecule is Cc1ccc(CNC(=O)C2CCN(S(=O)(=O)Cc3ccccc3C)CC2)cc1. The summed E-state index contributed by atoms with van der Waals surface area (Å²) in [6.07, 6.45) is 1.12. The molecule has 3 rings (SSSR count). The molecule has 1 fully saturated rings. The molecule has 0 spiro atoms. The van der Waals surface area contributed by atoms with Crippen LogP contribution in [0.15, 0.2) is 48.5 Å². The van der Waals surface area contributed by atoms with Crippen LogP contribution in [0.25, 0.3) is 0 Å². The molecule has 28 heavy (non-hydrogen) atoms. The highest BCUT2D eigenvalue weighted by molar-refractivity contribution is 7.88. The van der Waals surface area contributed by atoms with Crippen LogP contribution in [0.2, 0.25) is 0 Å². The second-order valence-corrected chi connectivity index (χ2v) is 9.53. The van der Waals surface area contributed by atoms with Crippen molar-refractivity contribution in [1.82, 2.24) is 9.62 Å². The molecule has 0 aliphatic carbocycles. The molecule has 0 unspecified atom stereocenters. The summed E-state index contributed by atoms with van der Waals surface area (Å²) >= 11 is 0. The molecule has 2 aromatic rings. The Labute approximate surface area is 167 Å². The fourth-order valence-electron chi connectivity index (χ4n) is 3.50. The third-order valence-electron chi connectivity index (χ3n) is 5.40. The molecular formula is C22H28N2O3S. The predicted octanol–water partition coefficient (Wildman–Crippen LogP) is 3.16. The molecule has 1 aliphatic rings. The van der Waals surface area contributed by atoms with Crippen molar-refractivity contribution < 1.29 is 13.2 Å². The van der Waals surface area contributed by atoms with Gasteiger partial charge in [0.1, 0.15) is 0 Å². The first-order valence-corrected chi connectivity index (χ1v) is 11.3. The number of sulfonamides is 1. The van der Waals surface area contributed by atoms with Crippen molar-refractivity contribution in [2.75, 3.05) is 13.1 Å². The molecule has 1 amide bonds. The van der Waals surface area contributed by atoms with Gasteiger partial charge in [-0.1, -0.05) is 54.1 Å². The largest absolute Gasteiger partial charge is 0.352 e. The number of aryl methyl sites for hydroxylation is 2. The van der Waals surface area contributed by atoms with E-state index in [1.165, 1.54) is 9.87 Å². The zero-order valence-electron chi connectivity index (χ0n) is 16.5. The quantitative estimate of drug-likeness (QED) is 0.810. The number of carbonyl (C=O) groups excluding carboxylic acids is 1. The monoisotopic (exact) mass is 400 g/mol. The van der Waals surface area contributed by atoms with Gasteiger partial charge in [-0.05, 0) is 43.4 Å². The smallest absolute Gasteiger partial charge is 0.223 e. The van der Waals surface area contributed by atoms with Gasteiger partial charge < -0.3 is 5.32 Å². The van der Waals surface area contributed by atoms with Crippen molar-refractivity contribution in [3.05, 3.63) is 70.8 Å². The summed E-state index contributed by atoms with van der Waals surface area (Å²) < 4.78 is 27.0. The van der Waals surface area contributed by atoms with Crippen molar-refractivity contribution in [1.29, 1.82) is 0 Å². The summed E-state index contributed by atoms with van der Waals surface area (Å²) in [5, 5.41) is 2.98. The normalized spacial score (nSPS) is 16.1. The Kier molecular flexibility index (Phi) is 6.52. The average molecular weight is 401 g/mol. The maximum absolute atomic E-state index is 12.7. The number of hydrogen-bond donors (Lipinski definition) is 1. The first kappa shape index (κ1) is 20.6. The van der Waals surface area contributed by atoms with Gasteiger partial charge in [0.2, 0.25) is 15.9 Å². The van der Waals surface area contributed by atoms with Gasteiger partial charge in [-0.15, -0.1) is 0 Å². The number of benzene rings is 2. The summed E-state index contributed by atoms with van der Waals surface area (Å²) in [4.78, 5) is 12.5. The van der Waals surface area contributed by atoms with E-state index in [-0.39, 0.29) is 17.6 Å². The number of carbonyl (C=O) groups is 1. The van der Waals surface area contributed by atoms with Crippen molar-refractivity contribution in [2.45, 2.75) is 39.0 Å². The van der Waals surface area contributed by atoms with E-state index in [0.29, 0.717) is 32.5 Å². The molecule has 1 N–H and O–H groups in total. The Balaban J connectivity index is 1.51. The van der Waals surface area contributed by atoms with Crippen LogP contribution in [-0.4, -0.2) is 31.7 Å². The highest BCUT2D eigenvalue weighted by Crippen LogP contribution is 2.23. The van der Waals surface area contributed by atoms with Crippen LogP contribution in [0.4, 0.5) is 0 Å². The van der Waals surface area contributed by atoms with Crippen LogP contribution < -0.4 is 5.32 Å². The summed E-state index contributed by atoms with van der Waals surface area (Å²) in [6, 6.07) is 15.6. The Morgan fingerprint density at radius 3 is 2.32 bits per heavy atom. The summed E-state index contributed by atoms with van der Waals surface area (Å²) in [7, 11) is -3.37. The molecule has 0 aromatic heterocycles. The van der Waals surface area contributed by atoms with Crippen molar-refractivity contribution in [2.24, 2.45) is 5.92 Å². The minimum atomic E-state index is -3.37. The standard InChI is InChI=1S/C22H28N2O3S/c1-17-7-9-19(10-8-17)15-23-22(25)20-11-13-24(14-12-20)28(26,27)16-21-6-4-3-5-18(21)2/h3-10,20H,11-16H2,1-2H3,(H,23,25). The molecule has 1 heterocycles. The molecule has 1 aliphatic heterocycles. The fraction of sp³-hybridized carbons (Fsp3) is 0.409. The maximum atomic E-state index is 12.7. The van der Waals surface area contributed by atoms with Crippen molar-refractivity contribution in [3.8, 4) is 0 Å². The molecule has 1 saturated heterocycles. The second kappa shape index (κ2) is 8.88. The Morgan fingerprint density at radius 1 is 1.04 bits per heavy atom. The van der Waals surface area contributed by atoms with Crippen LogP contribution in [0.5, 0.6) is 0 Å². The van der Waals surface area contributed by atoms with Crippen LogP contribution in [0.3, 0.4) is 0 Å². The van der Waals surface area contributed by atoms with Crippen LogP contribution in [0, 0.1) is 19.8 Å². The molecular weight excluding hydrogens is 372 g/mol. The first-order valence-electron chi connectivity index (χ1n) is 9.71. The third-order valence-corrected chi connectivity index (χ3v) is 7.23. The molecule has 2 aromatic carbocycles. The number of rotatable bonds is 6. The lowest BCUT2D eigenvalue weighted by molar-refractivity contribution is -0.126. The van der Waals surface area contributed by atoms with Gasteiger partial charge in [-0.3, -0.25) is 4.79 Å². The Bertz CT molecular complexity index is 915. The summed E-state index contributed by atoms with van der Waals surface area (Å²) in [5.41, 5.74) is 4.07. The van der Waals surface area contributed by atoms with E-state index in [1.54, 1.807) is 0 Å². The highest BCUT2D eigenvalue weighted by Gasteiger charge is 2.31. The molecule has 6 heteroatoms. The lowest BCUT2D eigenvalue weighted by atomic mass is 9.97. The van der Waals surface area contributed by atoms with E-state index in [9.17, 15) is 13.2 Å². The average Bonchev–Trinajstić information content (AvgIpc) is 2.69. The van der Waals surface area contributed by atoms with Gasteiger partial charge in [0.05, 0.1) is 5.75 Å². The molecule has 0 bridgehead atoms. The maximum Gasteiger partial charge on any atom is 0.223 e. The summed E-state index contributed by atoms with van der Waals surface area (Å²) in [6.45, 7) is 5.26. The summed E-state index contributed by atoms with van der Waals surface area (Å²) in [5.74, 6) is -0.101. The Hall–Kier alpha value is -2.18. The van der Waals surface area contributed by atoms with E-state index in [2.05, 4.69) is 5.32 Å². The minimum absolute atomic E-state index is 0.0107. The third kappa shape index (κ3) is 5.20. The predicted molar refractivity (Wildman–Crippen MR) is 111 cm³/mol. The second-order valence-electron chi connectivity index (χ2n) is 7.56. The van der Waals surface area contributed by atoms with E-state index >= 15 is 0 Å². The zero-order valence-corrected chi connectivity index (χ0v) is 17.3. The lowest BCUT2D eigenvalue weighted by Gasteiger charge is -2.30. The van der Waals surface area contributed by atoms with E-state index in [1.807, 2.05) is 62.4 Å². The van der Waals surface area contributed by atoms with Gasteiger partial charge in [-0.25, -0.2) is 12.7 Å². The highest BCUT2D eigenvalue weighted by atomic mass is 32.2. The number of amides is 1. The molecule has 150 valence electrons. The van der Waals surface area contributed by atoms with Crippen molar-refractivity contribution >= 4 is 15.9 Å². The minimum Gasteiger partial charge on any atom is -0.352 e. The van der Waals surface area contributed by atoms with Gasteiger partial charge >= 0.3 is 0 Å². The topological polar surface area (TPSA) is 66.5 Å². The van der Waals surface area contributed by atoms with Crippen LogP contribution in [0.1, 0.15) is 35.1 Å².